The lowest BCUT2D eigenvalue weighted by atomic mass is 9.90. The molecule has 2 N–H and O–H groups in total. The zero-order valence-electron chi connectivity index (χ0n) is 9.90. The summed E-state index contributed by atoms with van der Waals surface area (Å²) in [4.78, 5) is 4.45. The number of hydrogen-bond donors (Lipinski definition) is 1. The molecule has 17 heavy (non-hydrogen) atoms. The number of aryl methyl sites for hydroxylation is 1. The molecule has 0 bridgehead atoms. The van der Waals surface area contributed by atoms with Gasteiger partial charge in [-0.3, -0.25) is 0 Å². The number of thiazole rings is 1. The maximum atomic E-state index is 6.36. The van der Waals surface area contributed by atoms with Crippen molar-refractivity contribution in [1.29, 1.82) is 0 Å². The van der Waals surface area contributed by atoms with E-state index < -0.39 is 5.54 Å². The van der Waals surface area contributed by atoms with Crippen LogP contribution in [0.1, 0.15) is 23.2 Å². The first kappa shape index (κ1) is 12.6. The van der Waals surface area contributed by atoms with Crippen LogP contribution >= 0.6 is 22.9 Å². The van der Waals surface area contributed by atoms with Crippen molar-refractivity contribution >= 4 is 22.9 Å². The summed E-state index contributed by atoms with van der Waals surface area (Å²) in [7, 11) is 0. The zero-order valence-corrected chi connectivity index (χ0v) is 11.5. The number of benzene rings is 1. The molecule has 0 saturated heterocycles. The van der Waals surface area contributed by atoms with Crippen LogP contribution in [0.2, 0.25) is 5.02 Å². The summed E-state index contributed by atoms with van der Waals surface area (Å²) in [5.74, 6) is 0. The molecule has 0 fully saturated rings. The van der Waals surface area contributed by atoms with E-state index in [2.05, 4.69) is 4.98 Å². The number of nitrogens with zero attached hydrogens (tertiary/aromatic N) is 1. The number of halogens is 1. The monoisotopic (exact) mass is 266 g/mol. The molecule has 0 radical (unpaired) electrons. The van der Waals surface area contributed by atoms with Crippen molar-refractivity contribution in [2.75, 3.05) is 0 Å². The van der Waals surface area contributed by atoms with Crippen molar-refractivity contribution < 1.29 is 0 Å². The third kappa shape index (κ3) is 2.86. The Balaban J connectivity index is 2.27. The summed E-state index contributed by atoms with van der Waals surface area (Å²) in [6.07, 6.45) is 0.704. The molecule has 1 atom stereocenters. The Kier molecular flexibility index (Phi) is 3.52. The minimum atomic E-state index is -0.483. The van der Waals surface area contributed by atoms with Gasteiger partial charge in [0, 0.05) is 28.1 Å². The predicted octanol–water partition coefficient (Wildman–Crippen LogP) is 3.52. The highest BCUT2D eigenvalue weighted by molar-refractivity contribution is 7.09. The Morgan fingerprint density at radius 1 is 1.41 bits per heavy atom. The predicted molar refractivity (Wildman–Crippen MR) is 73.5 cm³/mol. The average Bonchev–Trinajstić information content (AvgIpc) is 2.63. The molecular weight excluding hydrogens is 252 g/mol. The minimum Gasteiger partial charge on any atom is -0.321 e. The van der Waals surface area contributed by atoms with Crippen LogP contribution in [-0.2, 0) is 12.0 Å². The van der Waals surface area contributed by atoms with Crippen molar-refractivity contribution in [1.82, 2.24) is 4.98 Å². The standard InChI is InChI=1S/C13H15ClN2S/c1-9-8-17-12(16-9)7-13(2,15)10-5-3-4-6-11(10)14/h3-6,8H,7,15H2,1-2H3. The second-order valence-electron chi connectivity index (χ2n) is 4.46. The summed E-state index contributed by atoms with van der Waals surface area (Å²) in [6, 6.07) is 7.72. The highest BCUT2D eigenvalue weighted by Gasteiger charge is 2.25. The second kappa shape index (κ2) is 4.77. The van der Waals surface area contributed by atoms with Gasteiger partial charge >= 0.3 is 0 Å². The van der Waals surface area contributed by atoms with Gasteiger partial charge < -0.3 is 5.73 Å². The molecular formula is C13H15ClN2S. The first-order valence-corrected chi connectivity index (χ1v) is 6.70. The quantitative estimate of drug-likeness (QED) is 0.923. The van der Waals surface area contributed by atoms with Gasteiger partial charge in [-0.1, -0.05) is 29.8 Å². The molecule has 4 heteroatoms. The third-order valence-corrected chi connectivity index (χ3v) is 3.97. The number of nitrogens with two attached hydrogens (primary N) is 1. The Bertz CT molecular complexity index is 520. The van der Waals surface area contributed by atoms with E-state index in [0.29, 0.717) is 11.4 Å². The van der Waals surface area contributed by atoms with Gasteiger partial charge in [0.2, 0.25) is 0 Å². The summed E-state index contributed by atoms with van der Waals surface area (Å²) >= 11 is 7.83. The van der Waals surface area contributed by atoms with Crippen LogP contribution in [0.15, 0.2) is 29.6 Å². The molecule has 0 aliphatic rings. The number of hydrogen-bond acceptors (Lipinski definition) is 3. The average molecular weight is 267 g/mol. The lowest BCUT2D eigenvalue weighted by Gasteiger charge is -2.25. The fourth-order valence-corrected chi connectivity index (χ4v) is 3.11. The lowest BCUT2D eigenvalue weighted by molar-refractivity contribution is 0.490. The van der Waals surface area contributed by atoms with Gasteiger partial charge in [0.05, 0.1) is 5.01 Å². The van der Waals surface area contributed by atoms with Crippen molar-refractivity contribution in [3.05, 3.63) is 50.9 Å². The summed E-state index contributed by atoms with van der Waals surface area (Å²) < 4.78 is 0. The number of rotatable bonds is 3. The topological polar surface area (TPSA) is 38.9 Å². The van der Waals surface area contributed by atoms with Crippen LogP contribution < -0.4 is 5.73 Å². The van der Waals surface area contributed by atoms with Crippen LogP contribution in [-0.4, -0.2) is 4.98 Å². The fourth-order valence-electron chi connectivity index (χ4n) is 1.82. The van der Waals surface area contributed by atoms with E-state index >= 15 is 0 Å². The van der Waals surface area contributed by atoms with Gasteiger partial charge in [-0.15, -0.1) is 11.3 Å². The molecule has 0 amide bonds. The maximum Gasteiger partial charge on any atom is 0.0949 e. The highest BCUT2D eigenvalue weighted by Crippen LogP contribution is 2.29. The van der Waals surface area contributed by atoms with E-state index in [-0.39, 0.29) is 0 Å². The summed E-state index contributed by atoms with van der Waals surface area (Å²) in [6.45, 7) is 3.98. The molecule has 2 rings (SSSR count). The molecule has 90 valence electrons. The second-order valence-corrected chi connectivity index (χ2v) is 5.81. The van der Waals surface area contributed by atoms with E-state index in [1.54, 1.807) is 11.3 Å². The van der Waals surface area contributed by atoms with Crippen molar-refractivity contribution in [2.45, 2.75) is 25.8 Å². The van der Waals surface area contributed by atoms with Crippen LogP contribution in [0.5, 0.6) is 0 Å². The van der Waals surface area contributed by atoms with E-state index in [1.807, 2.05) is 43.5 Å². The fraction of sp³-hybridized carbons (Fsp3) is 0.308. The summed E-state index contributed by atoms with van der Waals surface area (Å²) in [5.41, 5.74) is 7.89. The normalized spacial score (nSPS) is 14.6. The molecule has 1 aromatic heterocycles. The molecule has 0 saturated carbocycles. The van der Waals surface area contributed by atoms with Crippen molar-refractivity contribution in [3.8, 4) is 0 Å². The van der Waals surface area contributed by atoms with Gasteiger partial charge in [-0.05, 0) is 25.5 Å². The highest BCUT2D eigenvalue weighted by atomic mass is 35.5. The Hall–Kier alpha value is -0.900. The lowest BCUT2D eigenvalue weighted by Crippen LogP contribution is -2.35. The smallest absolute Gasteiger partial charge is 0.0949 e. The first-order valence-electron chi connectivity index (χ1n) is 5.44. The first-order chi connectivity index (χ1) is 7.99. The third-order valence-electron chi connectivity index (χ3n) is 2.67. The molecule has 0 spiro atoms. The molecule has 0 aliphatic heterocycles. The molecule has 1 heterocycles. The molecule has 1 aromatic carbocycles. The van der Waals surface area contributed by atoms with E-state index in [4.69, 9.17) is 17.3 Å². The Morgan fingerprint density at radius 3 is 2.71 bits per heavy atom. The van der Waals surface area contributed by atoms with E-state index in [1.165, 1.54) is 0 Å². The van der Waals surface area contributed by atoms with Crippen LogP contribution in [0.3, 0.4) is 0 Å². The van der Waals surface area contributed by atoms with Crippen LogP contribution in [0, 0.1) is 6.92 Å². The van der Waals surface area contributed by atoms with Gasteiger partial charge in [-0.25, -0.2) is 4.98 Å². The van der Waals surface area contributed by atoms with E-state index in [0.717, 1.165) is 16.3 Å². The molecule has 2 nitrogen and oxygen atoms in total. The van der Waals surface area contributed by atoms with E-state index in [9.17, 15) is 0 Å². The number of aromatic nitrogens is 1. The van der Waals surface area contributed by atoms with Crippen molar-refractivity contribution in [3.63, 3.8) is 0 Å². The van der Waals surface area contributed by atoms with Gasteiger partial charge in [0.1, 0.15) is 0 Å². The maximum absolute atomic E-state index is 6.36. The SMILES string of the molecule is Cc1csc(CC(C)(N)c2ccccc2Cl)n1. The zero-order chi connectivity index (χ0) is 12.5. The van der Waals surface area contributed by atoms with Gasteiger partial charge in [0.15, 0.2) is 0 Å². The molecule has 0 aliphatic carbocycles. The summed E-state index contributed by atoms with van der Waals surface area (Å²) in [5, 5.41) is 3.80. The van der Waals surface area contributed by atoms with Crippen molar-refractivity contribution in [2.24, 2.45) is 5.73 Å². The Labute approximate surface area is 110 Å². The van der Waals surface area contributed by atoms with Crippen LogP contribution in [0.4, 0.5) is 0 Å². The largest absolute Gasteiger partial charge is 0.321 e. The minimum absolute atomic E-state index is 0.483. The molecule has 1 unspecified atom stereocenters. The van der Waals surface area contributed by atoms with Crippen LogP contribution in [0.25, 0.3) is 0 Å². The van der Waals surface area contributed by atoms with Gasteiger partial charge in [0.25, 0.3) is 0 Å². The Morgan fingerprint density at radius 2 is 2.12 bits per heavy atom. The van der Waals surface area contributed by atoms with Gasteiger partial charge in [-0.2, -0.15) is 0 Å². The molecule has 2 aromatic rings.